The third-order valence-corrected chi connectivity index (χ3v) is 2.10. The highest BCUT2D eigenvalue weighted by Gasteiger charge is 2.19. The van der Waals surface area contributed by atoms with Gasteiger partial charge in [0.05, 0.1) is 19.3 Å². The van der Waals surface area contributed by atoms with Crippen molar-refractivity contribution in [1.29, 1.82) is 0 Å². The van der Waals surface area contributed by atoms with Crippen molar-refractivity contribution < 1.29 is 14.3 Å². The van der Waals surface area contributed by atoms with E-state index in [4.69, 9.17) is 9.52 Å². The number of nitrogens with zero attached hydrogens (tertiary/aromatic N) is 2. The summed E-state index contributed by atoms with van der Waals surface area (Å²) in [6, 6.07) is 0. The summed E-state index contributed by atoms with van der Waals surface area (Å²) >= 11 is 0. The second-order valence-electron chi connectivity index (χ2n) is 4.93. The first-order valence-corrected chi connectivity index (χ1v) is 5.14. The van der Waals surface area contributed by atoms with Crippen LogP contribution in [0.2, 0.25) is 0 Å². The Balaban J connectivity index is 2.62. The summed E-state index contributed by atoms with van der Waals surface area (Å²) in [5.74, 6) is 0.505. The van der Waals surface area contributed by atoms with Crippen LogP contribution in [0, 0.1) is 0 Å². The number of aromatic nitrogens is 1. The molecule has 1 heterocycles. The smallest absolute Gasteiger partial charge is 0.317 e. The lowest BCUT2D eigenvalue weighted by Crippen LogP contribution is -2.25. The van der Waals surface area contributed by atoms with Gasteiger partial charge in [-0.15, -0.1) is 0 Å². The van der Waals surface area contributed by atoms with Crippen LogP contribution in [0.5, 0.6) is 0 Å². The summed E-state index contributed by atoms with van der Waals surface area (Å²) in [4.78, 5) is 16.2. The Kier molecular flexibility index (Phi) is 3.70. The van der Waals surface area contributed by atoms with Gasteiger partial charge in [-0.25, -0.2) is 4.98 Å². The van der Waals surface area contributed by atoms with Gasteiger partial charge in [-0.1, -0.05) is 20.8 Å². The number of oxazole rings is 1. The zero-order chi connectivity index (χ0) is 12.3. The third-order valence-electron chi connectivity index (χ3n) is 2.10. The van der Waals surface area contributed by atoms with Crippen molar-refractivity contribution >= 4 is 5.97 Å². The van der Waals surface area contributed by atoms with Crippen molar-refractivity contribution in [1.82, 2.24) is 9.88 Å². The molecule has 16 heavy (non-hydrogen) atoms. The quantitative estimate of drug-likeness (QED) is 0.842. The third kappa shape index (κ3) is 3.66. The van der Waals surface area contributed by atoms with Crippen molar-refractivity contribution in [3.63, 3.8) is 0 Å². The largest absolute Gasteiger partial charge is 0.480 e. The molecule has 1 aromatic heterocycles. The zero-order valence-electron chi connectivity index (χ0n) is 10.1. The van der Waals surface area contributed by atoms with Gasteiger partial charge in [-0.3, -0.25) is 9.69 Å². The summed E-state index contributed by atoms with van der Waals surface area (Å²) in [6.45, 7) is 6.50. The van der Waals surface area contributed by atoms with Crippen molar-refractivity contribution in [2.24, 2.45) is 0 Å². The minimum atomic E-state index is -0.856. The Morgan fingerprint density at radius 2 is 2.19 bits per heavy atom. The van der Waals surface area contributed by atoms with Gasteiger partial charge < -0.3 is 9.52 Å². The minimum Gasteiger partial charge on any atom is -0.480 e. The molecule has 0 aromatic carbocycles. The number of rotatable bonds is 4. The Hall–Kier alpha value is -1.36. The standard InChI is InChI=1S/C11H18N2O3/c1-11(2,3)8-5-12-9(16-8)6-13(4)7-10(14)15/h5H,6-7H2,1-4H3,(H,14,15). The first kappa shape index (κ1) is 12.7. The average molecular weight is 226 g/mol. The molecule has 0 bridgehead atoms. The minimum absolute atomic E-state index is 0.0206. The first-order chi connectivity index (χ1) is 7.29. The monoisotopic (exact) mass is 226 g/mol. The summed E-state index contributed by atoms with van der Waals surface area (Å²) < 4.78 is 5.55. The summed E-state index contributed by atoms with van der Waals surface area (Å²) in [5, 5.41) is 8.60. The molecule has 0 saturated heterocycles. The van der Waals surface area contributed by atoms with E-state index in [0.29, 0.717) is 12.4 Å². The van der Waals surface area contributed by atoms with E-state index in [1.165, 1.54) is 0 Å². The summed E-state index contributed by atoms with van der Waals surface area (Å²) in [5.41, 5.74) is -0.0728. The van der Waals surface area contributed by atoms with E-state index in [1.54, 1.807) is 18.1 Å². The van der Waals surface area contributed by atoms with E-state index in [1.807, 2.05) is 20.8 Å². The molecule has 5 nitrogen and oxygen atoms in total. The highest BCUT2D eigenvalue weighted by molar-refractivity contribution is 5.68. The molecule has 1 N–H and O–H groups in total. The second-order valence-corrected chi connectivity index (χ2v) is 4.93. The maximum Gasteiger partial charge on any atom is 0.317 e. The van der Waals surface area contributed by atoms with Gasteiger partial charge in [-0.2, -0.15) is 0 Å². The number of aliphatic carboxylic acids is 1. The van der Waals surface area contributed by atoms with E-state index >= 15 is 0 Å². The number of carboxylic acids is 1. The number of hydrogen-bond donors (Lipinski definition) is 1. The fourth-order valence-electron chi connectivity index (χ4n) is 1.25. The van der Waals surface area contributed by atoms with Gasteiger partial charge in [0.15, 0.2) is 0 Å². The van der Waals surface area contributed by atoms with Crippen LogP contribution in [-0.4, -0.2) is 34.6 Å². The van der Waals surface area contributed by atoms with Crippen molar-refractivity contribution in [3.8, 4) is 0 Å². The fraction of sp³-hybridized carbons (Fsp3) is 0.636. The zero-order valence-corrected chi connectivity index (χ0v) is 10.1. The van der Waals surface area contributed by atoms with Gasteiger partial charge in [0, 0.05) is 5.41 Å². The molecule has 0 fully saturated rings. The maximum absolute atomic E-state index is 10.5. The molecule has 0 saturated carbocycles. The molecule has 0 atom stereocenters. The molecule has 0 radical (unpaired) electrons. The molecule has 0 aliphatic heterocycles. The molecule has 0 unspecified atom stereocenters. The lowest BCUT2D eigenvalue weighted by atomic mass is 9.94. The van der Waals surface area contributed by atoms with Gasteiger partial charge in [0.1, 0.15) is 5.76 Å². The first-order valence-electron chi connectivity index (χ1n) is 5.14. The Morgan fingerprint density at radius 1 is 1.56 bits per heavy atom. The molecule has 5 heteroatoms. The van der Waals surface area contributed by atoms with E-state index in [-0.39, 0.29) is 12.0 Å². The van der Waals surface area contributed by atoms with Crippen LogP contribution in [0.25, 0.3) is 0 Å². The molecular formula is C11H18N2O3. The highest BCUT2D eigenvalue weighted by atomic mass is 16.4. The highest BCUT2D eigenvalue weighted by Crippen LogP contribution is 2.22. The normalized spacial score (nSPS) is 12.1. The van der Waals surface area contributed by atoms with E-state index < -0.39 is 5.97 Å². The lowest BCUT2D eigenvalue weighted by Gasteiger charge is -2.14. The number of likely N-dealkylation sites (N-methyl/N-ethyl adjacent to an activating group) is 1. The molecular weight excluding hydrogens is 208 g/mol. The molecule has 90 valence electrons. The SMILES string of the molecule is CN(CC(=O)O)Cc1ncc(C(C)(C)C)o1. The molecule has 0 aliphatic rings. The fourth-order valence-corrected chi connectivity index (χ4v) is 1.25. The van der Waals surface area contributed by atoms with Gasteiger partial charge >= 0.3 is 5.97 Å². The average Bonchev–Trinajstić information content (AvgIpc) is 2.49. The summed E-state index contributed by atoms with van der Waals surface area (Å²) in [6.07, 6.45) is 1.70. The Morgan fingerprint density at radius 3 is 2.62 bits per heavy atom. The molecule has 0 amide bonds. The maximum atomic E-state index is 10.5. The van der Waals surface area contributed by atoms with Crippen LogP contribution in [0.4, 0.5) is 0 Å². The van der Waals surface area contributed by atoms with Gasteiger partial charge in [0.2, 0.25) is 5.89 Å². The lowest BCUT2D eigenvalue weighted by molar-refractivity contribution is -0.138. The van der Waals surface area contributed by atoms with E-state index in [0.717, 1.165) is 5.76 Å². The molecule has 0 aliphatic carbocycles. The Bertz CT molecular complexity index is 366. The molecule has 1 rings (SSSR count). The molecule has 1 aromatic rings. The van der Waals surface area contributed by atoms with Crippen LogP contribution in [0.15, 0.2) is 10.6 Å². The van der Waals surface area contributed by atoms with Crippen LogP contribution >= 0.6 is 0 Å². The van der Waals surface area contributed by atoms with Crippen molar-refractivity contribution in [2.45, 2.75) is 32.7 Å². The van der Waals surface area contributed by atoms with Crippen LogP contribution in [0.1, 0.15) is 32.4 Å². The second kappa shape index (κ2) is 4.65. The van der Waals surface area contributed by atoms with E-state index in [9.17, 15) is 4.79 Å². The molecule has 0 spiro atoms. The van der Waals surface area contributed by atoms with Gasteiger partial charge in [-0.05, 0) is 7.05 Å². The van der Waals surface area contributed by atoms with Crippen molar-refractivity contribution in [3.05, 3.63) is 17.8 Å². The Labute approximate surface area is 95.1 Å². The van der Waals surface area contributed by atoms with Crippen LogP contribution in [0.3, 0.4) is 0 Å². The predicted molar refractivity (Wildman–Crippen MR) is 59.2 cm³/mol. The topological polar surface area (TPSA) is 66.6 Å². The van der Waals surface area contributed by atoms with Crippen LogP contribution < -0.4 is 0 Å². The van der Waals surface area contributed by atoms with Crippen molar-refractivity contribution in [2.75, 3.05) is 13.6 Å². The predicted octanol–water partition coefficient (Wildman–Crippen LogP) is 1.49. The van der Waals surface area contributed by atoms with E-state index in [2.05, 4.69) is 4.98 Å². The number of hydrogen-bond acceptors (Lipinski definition) is 4. The number of carbonyl (C=O) groups is 1. The van der Waals surface area contributed by atoms with Crippen LogP contribution in [-0.2, 0) is 16.8 Å². The van der Waals surface area contributed by atoms with Gasteiger partial charge in [0.25, 0.3) is 0 Å². The summed E-state index contributed by atoms with van der Waals surface area (Å²) in [7, 11) is 1.72. The number of carboxylic acid groups (broad SMARTS) is 1.